The molecule has 0 bridgehead atoms. The predicted molar refractivity (Wildman–Crippen MR) is 114 cm³/mol. The second kappa shape index (κ2) is 9.33. The highest BCUT2D eigenvalue weighted by Gasteiger charge is 2.33. The van der Waals surface area contributed by atoms with Gasteiger partial charge in [0.1, 0.15) is 17.7 Å². The van der Waals surface area contributed by atoms with Crippen LogP contribution in [0.2, 0.25) is 0 Å². The van der Waals surface area contributed by atoms with E-state index in [1.165, 1.54) is 28.4 Å². The molecule has 5 N–H and O–H groups in total. The number of benzene rings is 1. The molecule has 10 heteroatoms. The van der Waals surface area contributed by atoms with Crippen LogP contribution in [0.5, 0.6) is 0 Å². The smallest absolute Gasteiger partial charge is 0.414 e. The molecule has 1 aliphatic heterocycles. The first-order valence-electron chi connectivity index (χ1n) is 9.32. The summed E-state index contributed by atoms with van der Waals surface area (Å²) in [6.45, 7) is 4.94. The Hall–Kier alpha value is -3.50. The summed E-state index contributed by atoms with van der Waals surface area (Å²) in [7, 11) is 0. The molecule has 158 valence electrons. The first-order valence-corrected chi connectivity index (χ1v) is 9.32. The van der Waals surface area contributed by atoms with Crippen molar-refractivity contribution < 1.29 is 13.9 Å². The molecule has 1 amide bonds. The molecule has 3 rings (SSSR count). The van der Waals surface area contributed by atoms with Crippen molar-refractivity contribution in [3.63, 3.8) is 0 Å². The number of nitrogens with two attached hydrogens (primary N) is 2. The number of amides is 1. The van der Waals surface area contributed by atoms with Gasteiger partial charge in [-0.05, 0) is 30.3 Å². The largest absolute Gasteiger partial charge is 0.442 e. The average molecular weight is 413 g/mol. The van der Waals surface area contributed by atoms with Gasteiger partial charge in [-0.3, -0.25) is 10.3 Å². The normalized spacial score (nSPS) is 15.6. The Bertz CT molecular complexity index is 922. The molecule has 1 atom stereocenters. The summed E-state index contributed by atoms with van der Waals surface area (Å²) in [6.07, 6.45) is 3.12. The van der Waals surface area contributed by atoms with Crippen molar-refractivity contribution >= 4 is 23.9 Å². The number of nitrogens with one attached hydrogen (secondary N) is 1. The molecule has 2 heterocycles. The summed E-state index contributed by atoms with van der Waals surface area (Å²) < 4.78 is 20.1. The Balaban J connectivity index is 1.76. The van der Waals surface area contributed by atoms with Crippen LogP contribution in [0.3, 0.4) is 0 Å². The van der Waals surface area contributed by atoms with E-state index in [9.17, 15) is 9.18 Å². The maximum absolute atomic E-state index is 14.8. The van der Waals surface area contributed by atoms with Crippen molar-refractivity contribution in [2.75, 3.05) is 36.0 Å². The van der Waals surface area contributed by atoms with Crippen molar-refractivity contribution in [1.82, 2.24) is 9.99 Å². The Morgan fingerprint density at radius 1 is 1.40 bits per heavy atom. The Morgan fingerprint density at radius 3 is 2.80 bits per heavy atom. The number of carbonyl (C=O) groups excluding carboxylic acids is 1. The summed E-state index contributed by atoms with van der Waals surface area (Å²) in [6, 6.07) is 7.96. The maximum atomic E-state index is 14.8. The van der Waals surface area contributed by atoms with E-state index in [0.29, 0.717) is 42.3 Å². The van der Waals surface area contributed by atoms with E-state index in [4.69, 9.17) is 21.7 Å². The molecule has 2 aromatic rings. The van der Waals surface area contributed by atoms with E-state index < -0.39 is 18.0 Å². The molecular formula is C20H24FN7O2. The van der Waals surface area contributed by atoms with Gasteiger partial charge >= 0.3 is 6.09 Å². The van der Waals surface area contributed by atoms with Crippen molar-refractivity contribution in [3.8, 4) is 11.1 Å². The van der Waals surface area contributed by atoms with Gasteiger partial charge in [0.15, 0.2) is 0 Å². The van der Waals surface area contributed by atoms with E-state index in [-0.39, 0.29) is 6.54 Å². The standard InChI is InChI=1S/C20H24FN7O2/c1-2-27(24)11-16-12-28(20(29)30-16)15-4-5-17(18(21)9-15)14-3-6-19(25-10-14)26(13-23)8-7-22/h2-6,9-10,13,16,23H,1,7-8,11-12,22,24H2. The highest BCUT2D eigenvalue weighted by Crippen LogP contribution is 2.29. The van der Waals surface area contributed by atoms with Crippen LogP contribution in [0.15, 0.2) is 49.3 Å². The van der Waals surface area contributed by atoms with Crippen LogP contribution in [0.25, 0.3) is 11.1 Å². The van der Waals surface area contributed by atoms with Gasteiger partial charge in [0, 0.05) is 36.6 Å². The molecule has 9 nitrogen and oxygen atoms in total. The van der Waals surface area contributed by atoms with Crippen LogP contribution in [0.1, 0.15) is 0 Å². The van der Waals surface area contributed by atoms with E-state index >= 15 is 0 Å². The number of carbonyl (C=O) groups is 1. The number of hydrogen-bond acceptors (Lipinski definition) is 7. The van der Waals surface area contributed by atoms with Gasteiger partial charge in [-0.25, -0.2) is 20.0 Å². The van der Waals surface area contributed by atoms with Crippen LogP contribution in [0.4, 0.5) is 20.7 Å². The predicted octanol–water partition coefficient (Wildman–Crippen LogP) is 1.90. The number of ether oxygens (including phenoxy) is 1. The Morgan fingerprint density at radius 2 is 2.20 bits per heavy atom. The lowest BCUT2D eigenvalue weighted by molar-refractivity contribution is 0.122. The number of hydrazine groups is 1. The van der Waals surface area contributed by atoms with E-state index in [2.05, 4.69) is 11.6 Å². The van der Waals surface area contributed by atoms with E-state index in [0.717, 1.165) is 6.34 Å². The van der Waals surface area contributed by atoms with Gasteiger partial charge < -0.3 is 20.4 Å². The molecule has 0 aliphatic carbocycles. The van der Waals surface area contributed by atoms with E-state index in [1.807, 2.05) is 0 Å². The number of nitrogens with zero attached hydrogens (tertiary/aromatic N) is 4. The van der Waals surface area contributed by atoms with Gasteiger partial charge in [0.25, 0.3) is 0 Å². The van der Waals surface area contributed by atoms with E-state index in [1.54, 1.807) is 29.2 Å². The minimum atomic E-state index is -0.553. The highest BCUT2D eigenvalue weighted by atomic mass is 19.1. The molecular weight excluding hydrogens is 389 g/mol. The fourth-order valence-corrected chi connectivity index (χ4v) is 3.14. The molecule has 1 saturated heterocycles. The summed E-state index contributed by atoms with van der Waals surface area (Å²) in [5.41, 5.74) is 6.85. The molecule has 0 saturated carbocycles. The third kappa shape index (κ3) is 4.56. The van der Waals surface area contributed by atoms with Crippen molar-refractivity contribution in [2.24, 2.45) is 11.6 Å². The molecule has 30 heavy (non-hydrogen) atoms. The van der Waals surface area contributed by atoms with Crippen LogP contribution < -0.4 is 21.4 Å². The quantitative estimate of drug-likeness (QED) is 0.248. The molecule has 1 unspecified atom stereocenters. The molecule has 1 aromatic carbocycles. The number of anilines is 2. The van der Waals surface area contributed by atoms with Crippen LogP contribution in [-0.2, 0) is 4.74 Å². The second-order valence-corrected chi connectivity index (χ2v) is 6.68. The van der Waals surface area contributed by atoms with Gasteiger partial charge in [-0.2, -0.15) is 0 Å². The number of cyclic esters (lactones) is 1. The molecule has 1 aromatic heterocycles. The van der Waals surface area contributed by atoms with Gasteiger partial charge in [-0.1, -0.05) is 6.58 Å². The van der Waals surface area contributed by atoms with Crippen LogP contribution in [0, 0.1) is 11.2 Å². The second-order valence-electron chi connectivity index (χ2n) is 6.68. The monoisotopic (exact) mass is 413 g/mol. The Kier molecular flexibility index (Phi) is 6.60. The summed E-state index contributed by atoms with van der Waals surface area (Å²) >= 11 is 0. The van der Waals surface area contributed by atoms with Crippen LogP contribution in [-0.4, -0.2) is 54.7 Å². The maximum Gasteiger partial charge on any atom is 0.414 e. The minimum Gasteiger partial charge on any atom is -0.442 e. The van der Waals surface area contributed by atoms with Gasteiger partial charge in [0.2, 0.25) is 0 Å². The first-order chi connectivity index (χ1) is 14.5. The van der Waals surface area contributed by atoms with Crippen molar-refractivity contribution in [3.05, 3.63) is 55.1 Å². The fourth-order valence-electron chi connectivity index (χ4n) is 3.14. The van der Waals surface area contributed by atoms with Gasteiger partial charge in [0.05, 0.1) is 25.1 Å². The lowest BCUT2D eigenvalue weighted by atomic mass is 10.1. The topological polar surface area (TPSA) is 125 Å². The number of rotatable bonds is 9. The lowest BCUT2D eigenvalue weighted by Gasteiger charge is -2.18. The fraction of sp³-hybridized carbons (Fsp3) is 0.250. The molecule has 1 aliphatic rings. The zero-order chi connectivity index (χ0) is 21.7. The number of aromatic nitrogens is 1. The third-order valence-corrected chi connectivity index (χ3v) is 4.67. The van der Waals surface area contributed by atoms with Crippen molar-refractivity contribution in [1.29, 1.82) is 5.41 Å². The number of halogens is 1. The summed E-state index contributed by atoms with van der Waals surface area (Å²) in [4.78, 5) is 19.4. The lowest BCUT2D eigenvalue weighted by Crippen LogP contribution is -2.35. The van der Waals surface area contributed by atoms with Crippen molar-refractivity contribution in [2.45, 2.75) is 6.10 Å². The zero-order valence-electron chi connectivity index (χ0n) is 16.4. The molecule has 0 radical (unpaired) electrons. The Labute approximate surface area is 173 Å². The highest BCUT2D eigenvalue weighted by molar-refractivity contribution is 5.90. The molecule has 1 fully saturated rings. The number of pyridine rings is 1. The van der Waals surface area contributed by atoms with Gasteiger partial charge in [-0.15, -0.1) is 0 Å². The summed E-state index contributed by atoms with van der Waals surface area (Å²) in [5.74, 6) is 5.72. The first kappa shape index (κ1) is 21.2. The minimum absolute atomic E-state index is 0.260. The molecule has 0 spiro atoms. The van der Waals surface area contributed by atoms with Crippen LogP contribution >= 0.6 is 0 Å². The summed E-state index contributed by atoms with van der Waals surface area (Å²) in [5, 5.41) is 8.75. The third-order valence-electron chi connectivity index (χ3n) is 4.67. The zero-order valence-corrected chi connectivity index (χ0v) is 16.4. The number of hydrogen-bond donors (Lipinski definition) is 3. The SMILES string of the molecule is C=CN(N)CC1CN(c2ccc(-c3ccc(N(C=N)CCN)nc3)c(F)c2)C(=O)O1. The average Bonchev–Trinajstić information content (AvgIpc) is 3.12.